The van der Waals surface area contributed by atoms with Crippen LogP contribution in [0.5, 0.6) is 5.75 Å². The minimum absolute atomic E-state index is 0.0814. The maximum atomic E-state index is 13.0. The Kier molecular flexibility index (Phi) is 6.15. The van der Waals surface area contributed by atoms with Crippen molar-refractivity contribution in [3.63, 3.8) is 0 Å². The summed E-state index contributed by atoms with van der Waals surface area (Å²) in [4.78, 5) is 40.6. The standard InChI is InChI=1S/C21H24F2N4O4/c1-20(14-6-8-15(9-7-14)31-18(22)23)17(29)27(19(30)25-20)12-16(28)26(2)21(13-24)10-4-3-5-11-21/h6-9,18H,3-5,10-12H2,1-2H3,(H,25,30). The van der Waals surface area contributed by atoms with Crippen LogP contribution in [0.15, 0.2) is 24.3 Å². The van der Waals surface area contributed by atoms with Gasteiger partial charge in [-0.3, -0.25) is 14.5 Å². The van der Waals surface area contributed by atoms with Crippen LogP contribution in [0.1, 0.15) is 44.6 Å². The van der Waals surface area contributed by atoms with Gasteiger partial charge in [0.1, 0.15) is 23.4 Å². The molecule has 1 heterocycles. The summed E-state index contributed by atoms with van der Waals surface area (Å²) in [5.41, 5.74) is -2.04. The van der Waals surface area contributed by atoms with Crippen LogP contribution >= 0.6 is 0 Å². The summed E-state index contributed by atoms with van der Waals surface area (Å²) in [7, 11) is 1.52. The van der Waals surface area contributed by atoms with Crippen molar-refractivity contribution in [3.8, 4) is 11.8 Å². The van der Waals surface area contributed by atoms with Crippen LogP contribution in [0, 0.1) is 11.3 Å². The smallest absolute Gasteiger partial charge is 0.387 e. The van der Waals surface area contributed by atoms with E-state index in [0.717, 1.165) is 24.2 Å². The van der Waals surface area contributed by atoms with Crippen molar-refractivity contribution < 1.29 is 27.9 Å². The molecule has 0 spiro atoms. The molecule has 1 aromatic rings. The number of nitrogens with zero attached hydrogens (tertiary/aromatic N) is 3. The van der Waals surface area contributed by atoms with Gasteiger partial charge in [-0.1, -0.05) is 31.4 Å². The van der Waals surface area contributed by atoms with E-state index in [1.54, 1.807) is 0 Å². The summed E-state index contributed by atoms with van der Waals surface area (Å²) in [6.07, 6.45) is 3.76. The summed E-state index contributed by atoms with van der Waals surface area (Å²) in [5.74, 6) is -1.23. The zero-order valence-corrected chi connectivity index (χ0v) is 17.4. The number of rotatable bonds is 6. The lowest BCUT2D eigenvalue weighted by atomic mass is 9.81. The van der Waals surface area contributed by atoms with Gasteiger partial charge in [-0.15, -0.1) is 0 Å². The molecule has 31 heavy (non-hydrogen) atoms. The van der Waals surface area contributed by atoms with Crippen LogP contribution in [0.2, 0.25) is 0 Å². The topological polar surface area (TPSA) is 103 Å². The summed E-state index contributed by atoms with van der Waals surface area (Å²) < 4.78 is 29.0. The van der Waals surface area contributed by atoms with Crippen LogP contribution in [0.25, 0.3) is 0 Å². The van der Waals surface area contributed by atoms with E-state index < -0.39 is 42.1 Å². The molecule has 3 rings (SSSR count). The number of amides is 4. The molecule has 0 bridgehead atoms. The summed E-state index contributed by atoms with van der Waals surface area (Å²) in [6.45, 7) is -2.00. The minimum Gasteiger partial charge on any atom is -0.435 e. The third kappa shape index (κ3) is 4.17. The van der Waals surface area contributed by atoms with Crippen molar-refractivity contribution in [1.29, 1.82) is 5.26 Å². The van der Waals surface area contributed by atoms with Crippen LogP contribution < -0.4 is 10.1 Å². The van der Waals surface area contributed by atoms with Gasteiger partial charge in [0.2, 0.25) is 5.91 Å². The molecule has 166 valence electrons. The molecule has 2 aliphatic rings. The SMILES string of the molecule is CN(C(=O)CN1C(=O)NC(C)(c2ccc(OC(F)F)cc2)C1=O)C1(C#N)CCCCC1. The summed E-state index contributed by atoms with van der Waals surface area (Å²) in [5, 5.41) is 12.2. The van der Waals surface area contributed by atoms with Crippen molar-refractivity contribution in [2.24, 2.45) is 0 Å². The second-order valence-electron chi connectivity index (χ2n) is 8.01. The number of nitriles is 1. The quantitative estimate of drug-likeness (QED) is 0.694. The first-order valence-electron chi connectivity index (χ1n) is 10.0. The van der Waals surface area contributed by atoms with Crippen molar-refractivity contribution in [3.05, 3.63) is 29.8 Å². The van der Waals surface area contributed by atoms with E-state index in [1.807, 2.05) is 0 Å². The molecule has 8 nitrogen and oxygen atoms in total. The van der Waals surface area contributed by atoms with E-state index in [0.29, 0.717) is 18.4 Å². The van der Waals surface area contributed by atoms with Gasteiger partial charge in [-0.05, 0) is 37.5 Å². The first kappa shape index (κ1) is 22.5. The molecule has 0 radical (unpaired) electrons. The fourth-order valence-corrected chi connectivity index (χ4v) is 4.14. The molecule has 2 fully saturated rings. The van der Waals surface area contributed by atoms with Crippen LogP contribution in [0.3, 0.4) is 0 Å². The molecule has 4 amide bonds. The van der Waals surface area contributed by atoms with Gasteiger partial charge in [0.15, 0.2) is 0 Å². The normalized spacial score (nSPS) is 22.8. The van der Waals surface area contributed by atoms with Gasteiger partial charge in [0.05, 0.1) is 6.07 Å². The lowest BCUT2D eigenvalue weighted by Crippen LogP contribution is -2.53. The van der Waals surface area contributed by atoms with Gasteiger partial charge >= 0.3 is 12.6 Å². The molecule has 1 saturated carbocycles. The number of alkyl halides is 2. The van der Waals surface area contributed by atoms with Gasteiger partial charge < -0.3 is 15.0 Å². The number of hydrogen-bond acceptors (Lipinski definition) is 5. The van der Waals surface area contributed by atoms with Crippen LogP contribution in [-0.2, 0) is 15.1 Å². The maximum absolute atomic E-state index is 13.0. The highest BCUT2D eigenvalue weighted by Crippen LogP contribution is 2.34. The Morgan fingerprint density at radius 1 is 1.26 bits per heavy atom. The second-order valence-corrected chi connectivity index (χ2v) is 8.01. The summed E-state index contributed by atoms with van der Waals surface area (Å²) >= 11 is 0. The zero-order valence-electron chi connectivity index (χ0n) is 17.4. The second kappa shape index (κ2) is 8.49. The molecule has 1 aliphatic carbocycles. The Hall–Kier alpha value is -3.22. The number of urea groups is 1. The molecule has 1 N–H and O–H groups in total. The number of carbonyl (C=O) groups is 3. The Balaban J connectivity index is 1.75. The highest BCUT2D eigenvalue weighted by atomic mass is 19.3. The van der Waals surface area contributed by atoms with Crippen molar-refractivity contribution in [2.75, 3.05) is 13.6 Å². The Labute approximate surface area is 178 Å². The van der Waals surface area contributed by atoms with Crippen molar-refractivity contribution >= 4 is 17.8 Å². The predicted molar refractivity (Wildman–Crippen MR) is 105 cm³/mol. The van der Waals surface area contributed by atoms with Crippen molar-refractivity contribution in [2.45, 2.75) is 56.7 Å². The number of nitrogens with one attached hydrogen (secondary N) is 1. The predicted octanol–water partition coefficient (Wildman–Crippen LogP) is 2.74. The van der Waals surface area contributed by atoms with E-state index in [1.165, 1.54) is 43.1 Å². The van der Waals surface area contributed by atoms with Gasteiger partial charge in [-0.25, -0.2) is 4.79 Å². The highest BCUT2D eigenvalue weighted by molar-refractivity contribution is 6.09. The molecule has 0 aromatic heterocycles. The first-order chi connectivity index (χ1) is 14.6. The number of imide groups is 1. The molecule has 1 unspecified atom stereocenters. The number of ether oxygens (including phenoxy) is 1. The van der Waals surface area contributed by atoms with Gasteiger partial charge in [0, 0.05) is 7.05 Å². The van der Waals surface area contributed by atoms with E-state index in [-0.39, 0.29) is 5.75 Å². The molecule has 1 aromatic carbocycles. The first-order valence-corrected chi connectivity index (χ1v) is 10.0. The van der Waals surface area contributed by atoms with Crippen LogP contribution in [0.4, 0.5) is 13.6 Å². The van der Waals surface area contributed by atoms with Gasteiger partial charge in [-0.2, -0.15) is 14.0 Å². The molecular weight excluding hydrogens is 410 g/mol. The molecular formula is C21H24F2N4O4. The molecule has 1 atom stereocenters. The minimum atomic E-state index is -2.98. The third-order valence-corrected chi connectivity index (χ3v) is 6.13. The number of carbonyl (C=O) groups excluding carboxylic acids is 3. The Bertz CT molecular complexity index is 909. The number of hydrogen-bond donors (Lipinski definition) is 1. The van der Waals surface area contributed by atoms with E-state index in [2.05, 4.69) is 16.1 Å². The number of likely N-dealkylation sites (N-methyl/N-ethyl adjacent to an activating group) is 1. The third-order valence-electron chi connectivity index (χ3n) is 6.13. The van der Waals surface area contributed by atoms with Gasteiger partial charge in [0.25, 0.3) is 5.91 Å². The lowest BCUT2D eigenvalue weighted by molar-refractivity contribution is -0.141. The number of halogens is 2. The maximum Gasteiger partial charge on any atom is 0.387 e. The average molecular weight is 434 g/mol. The summed E-state index contributed by atoms with van der Waals surface area (Å²) in [6, 6.07) is 6.85. The van der Waals surface area contributed by atoms with Crippen molar-refractivity contribution in [1.82, 2.24) is 15.1 Å². The molecule has 1 saturated heterocycles. The molecule has 10 heteroatoms. The Morgan fingerprint density at radius 2 is 1.87 bits per heavy atom. The van der Waals surface area contributed by atoms with Crippen LogP contribution in [-0.4, -0.2) is 53.4 Å². The number of benzene rings is 1. The average Bonchev–Trinajstić information content (AvgIpc) is 2.97. The monoisotopic (exact) mass is 434 g/mol. The Morgan fingerprint density at radius 3 is 2.42 bits per heavy atom. The fourth-order valence-electron chi connectivity index (χ4n) is 4.14. The largest absolute Gasteiger partial charge is 0.435 e. The zero-order chi connectivity index (χ0) is 22.8. The van der Waals surface area contributed by atoms with E-state index in [9.17, 15) is 28.4 Å². The molecule has 1 aliphatic heterocycles. The fraction of sp³-hybridized carbons (Fsp3) is 0.524. The van der Waals surface area contributed by atoms with E-state index >= 15 is 0 Å². The highest BCUT2D eigenvalue weighted by Gasteiger charge is 2.50. The van der Waals surface area contributed by atoms with E-state index in [4.69, 9.17) is 0 Å². The lowest BCUT2D eigenvalue weighted by Gasteiger charge is -2.39.